The Balaban J connectivity index is 1.46. The summed E-state index contributed by atoms with van der Waals surface area (Å²) in [6, 6.07) is 48.0. The minimum Gasteiger partial charge on any atom is -0.310 e. The fourth-order valence-corrected chi connectivity index (χ4v) is 6.51. The van der Waals surface area contributed by atoms with E-state index in [0.29, 0.717) is 0 Å². The molecule has 0 spiro atoms. The van der Waals surface area contributed by atoms with Gasteiger partial charge in [-0.1, -0.05) is 72.8 Å². The van der Waals surface area contributed by atoms with Gasteiger partial charge < -0.3 is 9.80 Å². The van der Waals surface area contributed by atoms with Crippen LogP contribution in [0.5, 0.6) is 0 Å². The molecule has 6 aromatic rings. The summed E-state index contributed by atoms with van der Waals surface area (Å²) in [5, 5.41) is 0. The second kappa shape index (κ2) is 12.3. The smallest absolute Gasteiger partial charge is 0.0520 e. The molecule has 218 valence electrons. The summed E-state index contributed by atoms with van der Waals surface area (Å²) in [4.78, 5) is 4.81. The Morgan fingerprint density at radius 2 is 0.614 bits per heavy atom. The third-order valence-corrected chi connectivity index (χ3v) is 8.50. The van der Waals surface area contributed by atoms with Gasteiger partial charge in [0.15, 0.2) is 0 Å². The zero-order chi connectivity index (χ0) is 30.8. The lowest BCUT2D eigenvalue weighted by molar-refractivity contribution is 1.19. The molecule has 0 unspecified atom stereocenters. The minimum absolute atomic E-state index is 1.16. The first-order valence-electron chi connectivity index (χ1n) is 15.4. The van der Waals surface area contributed by atoms with Gasteiger partial charge in [-0.15, -0.1) is 0 Å². The van der Waals surface area contributed by atoms with E-state index in [9.17, 15) is 0 Å². The van der Waals surface area contributed by atoms with Crippen molar-refractivity contribution in [2.45, 2.75) is 41.5 Å². The number of hydrogen-bond donors (Lipinski definition) is 0. The molecule has 0 aliphatic rings. The van der Waals surface area contributed by atoms with Gasteiger partial charge in [-0.3, -0.25) is 0 Å². The highest BCUT2D eigenvalue weighted by Crippen LogP contribution is 2.44. The number of nitrogens with zero attached hydrogens (tertiary/aromatic N) is 2. The molecule has 44 heavy (non-hydrogen) atoms. The Labute approximate surface area is 262 Å². The van der Waals surface area contributed by atoms with Crippen molar-refractivity contribution in [1.82, 2.24) is 0 Å². The summed E-state index contributed by atoms with van der Waals surface area (Å²) in [6.45, 7) is 13.3. The Morgan fingerprint density at radius 3 is 0.932 bits per heavy atom. The van der Waals surface area contributed by atoms with E-state index in [1.54, 1.807) is 0 Å². The van der Waals surface area contributed by atoms with Crippen LogP contribution in [0.1, 0.15) is 33.4 Å². The van der Waals surface area contributed by atoms with E-state index in [2.05, 4.69) is 185 Å². The van der Waals surface area contributed by atoms with Crippen LogP contribution in [0.25, 0.3) is 11.1 Å². The second-order valence-corrected chi connectivity index (χ2v) is 11.8. The third kappa shape index (κ3) is 5.52. The lowest BCUT2D eigenvalue weighted by atomic mass is 9.93. The van der Waals surface area contributed by atoms with Crippen LogP contribution in [0.3, 0.4) is 0 Å². The fraction of sp³-hybridized carbons (Fsp3) is 0.143. The highest BCUT2D eigenvalue weighted by atomic mass is 15.2. The van der Waals surface area contributed by atoms with E-state index in [1.807, 2.05) is 0 Å². The fourth-order valence-electron chi connectivity index (χ4n) is 6.51. The SMILES string of the molecule is Cc1ccccc1N(c1ccccc1)c1c(C)cc(-c2cc(C)c(N(c3ccccc3)c3ccccc3C)c(C)c2)cc1C. The number of benzene rings is 6. The first kappa shape index (κ1) is 29.0. The Hall–Kier alpha value is -5.08. The van der Waals surface area contributed by atoms with Crippen molar-refractivity contribution in [3.8, 4) is 11.1 Å². The zero-order valence-electron chi connectivity index (χ0n) is 26.6. The Kier molecular flexibility index (Phi) is 8.09. The molecule has 6 rings (SSSR count). The molecule has 0 aliphatic heterocycles. The first-order chi connectivity index (χ1) is 21.3. The van der Waals surface area contributed by atoms with Crippen LogP contribution < -0.4 is 9.80 Å². The van der Waals surface area contributed by atoms with E-state index in [4.69, 9.17) is 0 Å². The van der Waals surface area contributed by atoms with Crippen molar-refractivity contribution >= 4 is 34.1 Å². The molecule has 0 saturated heterocycles. The van der Waals surface area contributed by atoms with E-state index < -0.39 is 0 Å². The normalized spacial score (nSPS) is 11.0. The quantitative estimate of drug-likeness (QED) is 0.188. The van der Waals surface area contributed by atoms with Gasteiger partial charge in [-0.2, -0.15) is 0 Å². The average Bonchev–Trinajstić information content (AvgIpc) is 3.02. The number of anilines is 6. The number of rotatable bonds is 7. The maximum Gasteiger partial charge on any atom is 0.0520 e. The predicted octanol–water partition coefficient (Wildman–Crippen LogP) is 12.1. The molecule has 0 fully saturated rings. The van der Waals surface area contributed by atoms with E-state index >= 15 is 0 Å². The van der Waals surface area contributed by atoms with Crippen LogP contribution in [0, 0.1) is 41.5 Å². The molecule has 0 heterocycles. The van der Waals surface area contributed by atoms with E-state index in [1.165, 1.54) is 67.3 Å². The molecule has 0 radical (unpaired) electrons. The zero-order valence-corrected chi connectivity index (χ0v) is 26.6. The van der Waals surface area contributed by atoms with Crippen molar-refractivity contribution in [1.29, 1.82) is 0 Å². The van der Waals surface area contributed by atoms with E-state index in [0.717, 1.165) is 11.4 Å². The number of para-hydroxylation sites is 4. The monoisotopic (exact) mass is 572 g/mol. The van der Waals surface area contributed by atoms with Gasteiger partial charge in [0, 0.05) is 22.7 Å². The largest absolute Gasteiger partial charge is 0.310 e. The highest BCUT2D eigenvalue weighted by molar-refractivity contribution is 5.86. The van der Waals surface area contributed by atoms with Gasteiger partial charge in [-0.25, -0.2) is 0 Å². The van der Waals surface area contributed by atoms with Crippen molar-refractivity contribution in [2.75, 3.05) is 9.80 Å². The van der Waals surface area contributed by atoms with Crippen molar-refractivity contribution in [2.24, 2.45) is 0 Å². The summed E-state index contributed by atoms with van der Waals surface area (Å²) >= 11 is 0. The summed E-state index contributed by atoms with van der Waals surface area (Å²) in [7, 11) is 0. The van der Waals surface area contributed by atoms with Crippen molar-refractivity contribution in [3.05, 3.63) is 167 Å². The molecule has 0 saturated carbocycles. The van der Waals surface area contributed by atoms with Crippen LogP contribution in [0.15, 0.2) is 133 Å². The number of aryl methyl sites for hydroxylation is 6. The van der Waals surface area contributed by atoms with Gasteiger partial charge in [0.25, 0.3) is 0 Å². The highest BCUT2D eigenvalue weighted by Gasteiger charge is 2.22. The summed E-state index contributed by atoms with van der Waals surface area (Å²) in [5.41, 5.74) is 17.1. The van der Waals surface area contributed by atoms with Crippen LogP contribution in [-0.4, -0.2) is 0 Å². The minimum atomic E-state index is 1.16. The summed E-state index contributed by atoms with van der Waals surface area (Å²) < 4.78 is 0. The Morgan fingerprint density at radius 1 is 0.318 bits per heavy atom. The van der Waals surface area contributed by atoms with Gasteiger partial charge in [-0.05, 0) is 147 Å². The molecule has 2 nitrogen and oxygen atoms in total. The standard InChI is InChI=1S/C42H40N2/c1-29-17-13-15-23-39(29)43(37-19-9-7-10-20-37)41-31(3)25-35(26-32(41)4)36-27-33(5)42(34(6)28-36)44(38-21-11-8-12-22-38)40-24-16-14-18-30(40)2/h7-28H,1-6H3. The molecule has 0 bridgehead atoms. The summed E-state index contributed by atoms with van der Waals surface area (Å²) in [5.74, 6) is 0. The molecular weight excluding hydrogens is 532 g/mol. The maximum atomic E-state index is 2.41. The second-order valence-electron chi connectivity index (χ2n) is 11.8. The lowest BCUT2D eigenvalue weighted by Gasteiger charge is -2.31. The molecule has 0 aliphatic carbocycles. The van der Waals surface area contributed by atoms with Gasteiger partial charge in [0.05, 0.1) is 11.4 Å². The molecule has 2 heteroatoms. The van der Waals surface area contributed by atoms with Crippen molar-refractivity contribution < 1.29 is 0 Å². The van der Waals surface area contributed by atoms with Crippen molar-refractivity contribution in [3.63, 3.8) is 0 Å². The molecular formula is C42H40N2. The topological polar surface area (TPSA) is 6.48 Å². The molecule has 0 amide bonds. The first-order valence-corrected chi connectivity index (χ1v) is 15.4. The van der Waals surface area contributed by atoms with Gasteiger partial charge in [0.2, 0.25) is 0 Å². The number of hydrogen-bond acceptors (Lipinski definition) is 2. The van der Waals surface area contributed by atoms with Crippen LogP contribution in [-0.2, 0) is 0 Å². The van der Waals surface area contributed by atoms with Crippen LogP contribution in [0.2, 0.25) is 0 Å². The predicted molar refractivity (Wildman–Crippen MR) is 190 cm³/mol. The Bertz CT molecular complexity index is 1730. The van der Waals surface area contributed by atoms with E-state index in [-0.39, 0.29) is 0 Å². The molecule has 6 aromatic carbocycles. The maximum absolute atomic E-state index is 2.41. The van der Waals surface area contributed by atoms with Gasteiger partial charge in [0.1, 0.15) is 0 Å². The molecule has 0 N–H and O–H groups in total. The third-order valence-electron chi connectivity index (χ3n) is 8.50. The summed E-state index contributed by atoms with van der Waals surface area (Å²) in [6.07, 6.45) is 0. The lowest BCUT2D eigenvalue weighted by Crippen LogP contribution is -2.14. The van der Waals surface area contributed by atoms with Crippen LogP contribution in [0.4, 0.5) is 34.1 Å². The molecule has 0 aromatic heterocycles. The molecule has 0 atom stereocenters. The average molecular weight is 573 g/mol. The van der Waals surface area contributed by atoms with Gasteiger partial charge >= 0.3 is 0 Å². The van der Waals surface area contributed by atoms with Crippen LogP contribution >= 0.6 is 0 Å².